The third kappa shape index (κ3) is 2.43. The average molecular weight is 238 g/mol. The molecule has 88 valence electrons. The lowest BCUT2D eigenvalue weighted by Gasteiger charge is -2.26. The summed E-state index contributed by atoms with van der Waals surface area (Å²) in [6.07, 6.45) is 7.80. The van der Waals surface area contributed by atoms with E-state index in [2.05, 4.69) is 11.9 Å². The van der Waals surface area contributed by atoms with Crippen molar-refractivity contribution in [3.63, 3.8) is 0 Å². The first-order chi connectivity index (χ1) is 7.68. The number of pyridine rings is 1. The van der Waals surface area contributed by atoms with Crippen molar-refractivity contribution < 1.29 is 4.21 Å². The Hall–Kier alpha value is -0.900. The van der Waals surface area contributed by atoms with E-state index in [1.807, 2.05) is 0 Å². The largest absolute Gasteiger partial charge is 0.396 e. The molecule has 2 rings (SSSR count). The van der Waals surface area contributed by atoms with Crippen LogP contribution in [0.1, 0.15) is 32.6 Å². The van der Waals surface area contributed by atoms with Crippen LogP contribution in [0.4, 0.5) is 5.69 Å². The smallest absolute Gasteiger partial charge is 0.0664 e. The van der Waals surface area contributed by atoms with Gasteiger partial charge < -0.3 is 5.73 Å². The van der Waals surface area contributed by atoms with Gasteiger partial charge in [0.25, 0.3) is 0 Å². The first-order valence-electron chi connectivity index (χ1n) is 5.78. The van der Waals surface area contributed by atoms with Crippen LogP contribution in [-0.4, -0.2) is 14.4 Å². The molecule has 1 fully saturated rings. The van der Waals surface area contributed by atoms with Crippen LogP contribution in [0.2, 0.25) is 0 Å². The van der Waals surface area contributed by atoms with E-state index in [1.54, 1.807) is 18.5 Å². The molecule has 0 aromatic carbocycles. The van der Waals surface area contributed by atoms with Gasteiger partial charge in [-0.15, -0.1) is 0 Å². The van der Waals surface area contributed by atoms with Gasteiger partial charge in [-0.05, 0) is 24.8 Å². The van der Waals surface area contributed by atoms with Crippen molar-refractivity contribution in [3.8, 4) is 0 Å². The molecule has 1 heterocycles. The predicted molar refractivity (Wildman–Crippen MR) is 66.5 cm³/mol. The van der Waals surface area contributed by atoms with Crippen molar-refractivity contribution in [2.45, 2.75) is 42.8 Å². The summed E-state index contributed by atoms with van der Waals surface area (Å²) >= 11 is 0. The van der Waals surface area contributed by atoms with Crippen molar-refractivity contribution in [2.24, 2.45) is 5.92 Å². The fourth-order valence-corrected chi connectivity index (χ4v) is 4.05. The second kappa shape index (κ2) is 4.95. The van der Waals surface area contributed by atoms with Gasteiger partial charge in [-0.25, -0.2) is 0 Å². The highest BCUT2D eigenvalue weighted by Crippen LogP contribution is 2.30. The highest BCUT2D eigenvalue weighted by Gasteiger charge is 2.25. The molecule has 0 saturated heterocycles. The molecule has 1 aromatic heterocycles. The van der Waals surface area contributed by atoms with Crippen LogP contribution in [0.25, 0.3) is 0 Å². The fraction of sp³-hybridized carbons (Fsp3) is 0.583. The normalized spacial score (nSPS) is 27.6. The van der Waals surface area contributed by atoms with E-state index in [1.165, 1.54) is 12.8 Å². The van der Waals surface area contributed by atoms with Crippen molar-refractivity contribution in [2.75, 3.05) is 5.73 Å². The van der Waals surface area contributed by atoms with Gasteiger partial charge in [0.05, 0.1) is 27.6 Å². The van der Waals surface area contributed by atoms with Crippen LogP contribution in [-0.2, 0) is 10.8 Å². The molecule has 0 spiro atoms. The van der Waals surface area contributed by atoms with Crippen LogP contribution < -0.4 is 5.73 Å². The molecule has 0 bridgehead atoms. The Morgan fingerprint density at radius 2 is 2.31 bits per heavy atom. The minimum absolute atomic E-state index is 0.272. The molecule has 3 unspecified atom stereocenters. The molecule has 3 nitrogen and oxygen atoms in total. The van der Waals surface area contributed by atoms with Gasteiger partial charge in [-0.2, -0.15) is 0 Å². The van der Waals surface area contributed by atoms with Crippen molar-refractivity contribution in [3.05, 3.63) is 18.5 Å². The number of anilines is 1. The molecule has 4 heteroatoms. The lowest BCUT2D eigenvalue weighted by Crippen LogP contribution is -2.23. The van der Waals surface area contributed by atoms with Crippen LogP contribution in [0.3, 0.4) is 0 Å². The predicted octanol–water partition coefficient (Wildman–Crippen LogP) is 2.35. The molecular weight excluding hydrogens is 220 g/mol. The Kier molecular flexibility index (Phi) is 3.59. The molecule has 1 saturated carbocycles. The lowest BCUT2D eigenvalue weighted by atomic mass is 9.91. The summed E-state index contributed by atoms with van der Waals surface area (Å²) in [4.78, 5) is 4.69. The highest BCUT2D eigenvalue weighted by atomic mass is 32.2. The fourth-order valence-electron chi connectivity index (χ4n) is 2.33. The first-order valence-corrected chi connectivity index (χ1v) is 7.00. The topological polar surface area (TPSA) is 56.0 Å². The standard InChI is InChI=1S/C12H18N2OS/c1-9-3-2-4-10(7-9)16(15)12-5-6-14-8-11(12)13/h5-6,8-10H,2-4,7,13H2,1H3. The second-order valence-electron chi connectivity index (χ2n) is 4.60. The molecule has 1 aliphatic carbocycles. The van der Waals surface area contributed by atoms with E-state index in [4.69, 9.17) is 5.73 Å². The number of hydrogen-bond acceptors (Lipinski definition) is 3. The van der Waals surface area contributed by atoms with Crippen molar-refractivity contribution in [1.29, 1.82) is 0 Å². The van der Waals surface area contributed by atoms with Gasteiger partial charge >= 0.3 is 0 Å². The zero-order valence-electron chi connectivity index (χ0n) is 9.56. The molecule has 1 aliphatic rings. The maximum Gasteiger partial charge on any atom is 0.0664 e. The van der Waals surface area contributed by atoms with E-state index in [0.29, 0.717) is 11.6 Å². The van der Waals surface area contributed by atoms with Crippen LogP contribution in [0.15, 0.2) is 23.4 Å². The summed E-state index contributed by atoms with van der Waals surface area (Å²) in [5.74, 6) is 0.686. The number of nitrogens with two attached hydrogens (primary N) is 1. The van der Waals surface area contributed by atoms with Gasteiger partial charge in [0.1, 0.15) is 0 Å². The summed E-state index contributed by atoms with van der Waals surface area (Å²) in [6.45, 7) is 2.24. The Morgan fingerprint density at radius 3 is 3.00 bits per heavy atom. The summed E-state index contributed by atoms with van der Waals surface area (Å²) < 4.78 is 12.4. The van der Waals surface area contributed by atoms with E-state index < -0.39 is 10.8 Å². The molecule has 0 amide bonds. The minimum Gasteiger partial charge on any atom is -0.396 e. The van der Waals surface area contributed by atoms with Gasteiger partial charge in [0.15, 0.2) is 0 Å². The van der Waals surface area contributed by atoms with Gasteiger partial charge in [-0.3, -0.25) is 9.19 Å². The molecule has 2 N–H and O–H groups in total. The van der Waals surface area contributed by atoms with Crippen LogP contribution in [0, 0.1) is 5.92 Å². The molecule has 0 aliphatic heterocycles. The first kappa shape index (κ1) is 11.6. The third-order valence-corrected chi connectivity index (χ3v) is 5.06. The summed E-state index contributed by atoms with van der Waals surface area (Å²) in [5, 5.41) is 0.272. The zero-order chi connectivity index (χ0) is 11.5. The van der Waals surface area contributed by atoms with Gasteiger partial charge in [0.2, 0.25) is 0 Å². The highest BCUT2D eigenvalue weighted by molar-refractivity contribution is 7.85. The second-order valence-corrected chi connectivity index (χ2v) is 6.31. The number of nitrogen functional groups attached to an aromatic ring is 1. The Bertz CT molecular complexity index is 394. The summed E-state index contributed by atoms with van der Waals surface area (Å²) in [5.41, 5.74) is 6.36. The molecule has 0 radical (unpaired) electrons. The number of nitrogens with zero attached hydrogens (tertiary/aromatic N) is 1. The Balaban J connectivity index is 2.16. The Morgan fingerprint density at radius 1 is 1.50 bits per heavy atom. The van der Waals surface area contributed by atoms with E-state index >= 15 is 0 Å². The molecule has 3 atom stereocenters. The monoisotopic (exact) mass is 238 g/mol. The van der Waals surface area contributed by atoms with Crippen molar-refractivity contribution >= 4 is 16.5 Å². The average Bonchev–Trinajstić information content (AvgIpc) is 2.29. The van der Waals surface area contributed by atoms with E-state index in [9.17, 15) is 4.21 Å². The van der Waals surface area contributed by atoms with Crippen LogP contribution >= 0.6 is 0 Å². The Labute approximate surface area is 98.9 Å². The number of aromatic nitrogens is 1. The summed E-state index contributed by atoms with van der Waals surface area (Å²) in [7, 11) is -0.967. The van der Waals surface area contributed by atoms with Gasteiger partial charge in [-0.1, -0.05) is 19.8 Å². The third-order valence-electron chi connectivity index (χ3n) is 3.22. The summed E-state index contributed by atoms with van der Waals surface area (Å²) in [6, 6.07) is 1.78. The maximum atomic E-state index is 12.4. The zero-order valence-corrected chi connectivity index (χ0v) is 10.4. The number of rotatable bonds is 2. The lowest BCUT2D eigenvalue weighted by molar-refractivity contribution is 0.389. The molecule has 1 aromatic rings. The van der Waals surface area contributed by atoms with Gasteiger partial charge in [0, 0.05) is 11.4 Å². The number of hydrogen-bond donors (Lipinski definition) is 1. The van der Waals surface area contributed by atoms with E-state index in [0.717, 1.165) is 17.7 Å². The minimum atomic E-state index is -0.967. The molecule has 16 heavy (non-hydrogen) atoms. The van der Waals surface area contributed by atoms with E-state index in [-0.39, 0.29) is 5.25 Å². The molecular formula is C12H18N2OS. The van der Waals surface area contributed by atoms with Crippen molar-refractivity contribution in [1.82, 2.24) is 4.98 Å². The maximum absolute atomic E-state index is 12.4. The van der Waals surface area contributed by atoms with Crippen LogP contribution in [0.5, 0.6) is 0 Å². The quantitative estimate of drug-likeness (QED) is 0.860. The SMILES string of the molecule is CC1CCCC(S(=O)c2ccncc2N)C1.